The molecule has 1 atom stereocenters. The van der Waals surface area contributed by atoms with Gasteiger partial charge in [0.15, 0.2) is 5.82 Å². The third-order valence-corrected chi connectivity index (χ3v) is 5.84. The number of methoxy groups -OCH3 is 1. The van der Waals surface area contributed by atoms with Crippen LogP contribution >= 0.6 is 0 Å². The van der Waals surface area contributed by atoms with Crippen LogP contribution in [-0.2, 0) is 24.3 Å². The minimum absolute atomic E-state index is 0.201. The molecular formula is C24H28N6O3. The number of nitrogen functional groups attached to an aromatic ring is 1. The zero-order chi connectivity index (χ0) is 23.5. The van der Waals surface area contributed by atoms with Gasteiger partial charge in [-0.1, -0.05) is 12.1 Å². The second-order valence-corrected chi connectivity index (χ2v) is 8.24. The number of carbonyl (C=O) groups is 1. The molecule has 1 aliphatic heterocycles. The fourth-order valence-corrected chi connectivity index (χ4v) is 4.14. The number of aromatic nitrogens is 3. The molecule has 0 aliphatic carbocycles. The highest BCUT2D eigenvalue weighted by Gasteiger charge is 2.30. The first-order valence-electron chi connectivity index (χ1n) is 10.8. The molecule has 0 unspecified atom stereocenters. The van der Waals surface area contributed by atoms with Gasteiger partial charge in [-0.25, -0.2) is 9.97 Å². The van der Waals surface area contributed by atoms with Crippen molar-refractivity contribution in [2.24, 2.45) is 0 Å². The largest absolute Gasteiger partial charge is 0.497 e. The second kappa shape index (κ2) is 9.32. The molecule has 9 heteroatoms. The summed E-state index contributed by atoms with van der Waals surface area (Å²) in [5, 5.41) is 6.05. The van der Waals surface area contributed by atoms with Crippen molar-refractivity contribution in [1.29, 1.82) is 0 Å². The van der Waals surface area contributed by atoms with Gasteiger partial charge in [0.1, 0.15) is 17.6 Å². The molecule has 1 aliphatic rings. The summed E-state index contributed by atoms with van der Waals surface area (Å²) < 4.78 is 6.87. The van der Waals surface area contributed by atoms with Crippen LogP contribution in [0, 0.1) is 13.8 Å². The number of pyridine rings is 1. The average molecular weight is 449 g/mol. The summed E-state index contributed by atoms with van der Waals surface area (Å²) in [5.41, 5.74) is 9.84. The van der Waals surface area contributed by atoms with E-state index in [1.807, 2.05) is 38.1 Å². The Morgan fingerprint density at radius 2 is 2.06 bits per heavy atom. The Balaban J connectivity index is 1.48. The van der Waals surface area contributed by atoms with Crippen molar-refractivity contribution in [2.45, 2.75) is 45.8 Å². The molecule has 2 aromatic heterocycles. The zero-order valence-electron chi connectivity index (χ0n) is 19.0. The van der Waals surface area contributed by atoms with E-state index in [1.54, 1.807) is 23.9 Å². The maximum atomic E-state index is 13.2. The van der Waals surface area contributed by atoms with E-state index in [4.69, 9.17) is 10.5 Å². The molecule has 9 nitrogen and oxygen atoms in total. The van der Waals surface area contributed by atoms with Gasteiger partial charge in [-0.3, -0.25) is 14.2 Å². The third kappa shape index (κ3) is 4.82. The number of fused-ring (bicyclic) bond motifs is 1. The first-order valence-corrected chi connectivity index (χ1v) is 10.8. The van der Waals surface area contributed by atoms with E-state index in [0.29, 0.717) is 31.7 Å². The molecule has 3 aromatic rings. The topological polar surface area (TPSA) is 124 Å². The SMILES string of the molecule is COc1cc(C)cc(CNc2ncc3n(c2=O)[C@H](C(=O)NCc2ccc(N)nc2C)CC3)c1. The lowest BCUT2D eigenvalue weighted by Gasteiger charge is -2.16. The molecule has 172 valence electrons. The first kappa shape index (κ1) is 22.3. The number of anilines is 2. The van der Waals surface area contributed by atoms with Gasteiger partial charge in [0.25, 0.3) is 5.56 Å². The van der Waals surface area contributed by atoms with Crippen LogP contribution in [0.15, 0.2) is 41.3 Å². The first-order chi connectivity index (χ1) is 15.9. The van der Waals surface area contributed by atoms with Crippen LogP contribution in [0.2, 0.25) is 0 Å². The Bertz CT molecular complexity index is 1250. The molecule has 3 heterocycles. The van der Waals surface area contributed by atoms with Gasteiger partial charge in [-0.15, -0.1) is 0 Å². The van der Waals surface area contributed by atoms with E-state index >= 15 is 0 Å². The van der Waals surface area contributed by atoms with Gasteiger partial charge in [-0.05, 0) is 61.6 Å². The van der Waals surface area contributed by atoms with E-state index < -0.39 is 6.04 Å². The predicted octanol–water partition coefficient (Wildman–Crippen LogP) is 2.26. The molecule has 4 N–H and O–H groups in total. The number of aryl methyl sites for hydroxylation is 3. The highest BCUT2D eigenvalue weighted by molar-refractivity contribution is 5.81. The Hall–Kier alpha value is -3.88. The maximum absolute atomic E-state index is 13.2. The summed E-state index contributed by atoms with van der Waals surface area (Å²) >= 11 is 0. The van der Waals surface area contributed by atoms with Crippen molar-refractivity contribution in [3.63, 3.8) is 0 Å². The number of nitrogens with one attached hydrogen (secondary N) is 2. The number of rotatable bonds is 7. The number of nitrogens with two attached hydrogens (primary N) is 1. The van der Waals surface area contributed by atoms with Gasteiger partial charge < -0.3 is 21.1 Å². The van der Waals surface area contributed by atoms with Crippen LogP contribution in [0.25, 0.3) is 0 Å². The highest BCUT2D eigenvalue weighted by Crippen LogP contribution is 2.24. The van der Waals surface area contributed by atoms with Crippen molar-refractivity contribution >= 4 is 17.5 Å². The molecule has 1 aromatic carbocycles. The van der Waals surface area contributed by atoms with Gasteiger partial charge in [-0.2, -0.15) is 0 Å². The number of benzene rings is 1. The molecule has 0 bridgehead atoms. The van der Waals surface area contributed by atoms with Crippen LogP contribution < -0.4 is 26.7 Å². The van der Waals surface area contributed by atoms with Crippen molar-refractivity contribution < 1.29 is 9.53 Å². The van der Waals surface area contributed by atoms with Gasteiger partial charge in [0, 0.05) is 30.7 Å². The second-order valence-electron chi connectivity index (χ2n) is 8.24. The Morgan fingerprint density at radius 1 is 1.24 bits per heavy atom. The lowest BCUT2D eigenvalue weighted by Crippen LogP contribution is -2.36. The Morgan fingerprint density at radius 3 is 2.82 bits per heavy atom. The smallest absolute Gasteiger partial charge is 0.294 e. The van der Waals surface area contributed by atoms with E-state index in [-0.39, 0.29) is 17.3 Å². The number of nitrogens with zero attached hydrogens (tertiary/aromatic N) is 3. The number of hydrogen-bond acceptors (Lipinski definition) is 7. The van der Waals surface area contributed by atoms with Crippen LogP contribution in [-0.4, -0.2) is 27.6 Å². The normalized spacial score (nSPS) is 14.6. The van der Waals surface area contributed by atoms with Gasteiger partial charge in [0.05, 0.1) is 7.11 Å². The summed E-state index contributed by atoms with van der Waals surface area (Å²) in [4.78, 5) is 34.6. The molecular weight excluding hydrogens is 420 g/mol. The van der Waals surface area contributed by atoms with E-state index in [1.165, 1.54) is 0 Å². The minimum atomic E-state index is -0.572. The maximum Gasteiger partial charge on any atom is 0.294 e. The highest BCUT2D eigenvalue weighted by atomic mass is 16.5. The summed E-state index contributed by atoms with van der Waals surface area (Å²) in [6.07, 6.45) is 2.85. The summed E-state index contributed by atoms with van der Waals surface area (Å²) in [5.74, 6) is 1.22. The number of ether oxygens (including phenoxy) is 1. The van der Waals surface area contributed by atoms with Gasteiger partial charge >= 0.3 is 0 Å². The quantitative estimate of drug-likeness (QED) is 0.506. The molecule has 4 rings (SSSR count). The van der Waals surface area contributed by atoms with Crippen LogP contribution in [0.5, 0.6) is 5.75 Å². The Labute approximate surface area is 192 Å². The van der Waals surface area contributed by atoms with E-state index in [2.05, 4.69) is 20.6 Å². The van der Waals surface area contributed by atoms with Crippen molar-refractivity contribution in [2.75, 3.05) is 18.2 Å². The fraction of sp³-hybridized carbons (Fsp3) is 0.333. The summed E-state index contributed by atoms with van der Waals surface area (Å²) in [6.45, 7) is 4.57. The summed E-state index contributed by atoms with van der Waals surface area (Å²) in [6, 6.07) is 8.85. The fourth-order valence-electron chi connectivity index (χ4n) is 4.14. The minimum Gasteiger partial charge on any atom is -0.497 e. The van der Waals surface area contributed by atoms with Crippen molar-refractivity contribution in [1.82, 2.24) is 19.9 Å². The number of amides is 1. The number of hydrogen-bond donors (Lipinski definition) is 3. The van der Waals surface area contributed by atoms with Crippen LogP contribution in [0.1, 0.15) is 40.5 Å². The van der Waals surface area contributed by atoms with Crippen LogP contribution in [0.4, 0.5) is 11.6 Å². The lowest BCUT2D eigenvalue weighted by molar-refractivity contribution is -0.124. The third-order valence-electron chi connectivity index (χ3n) is 5.84. The Kier molecular flexibility index (Phi) is 6.30. The average Bonchev–Trinajstić information content (AvgIpc) is 3.22. The molecule has 33 heavy (non-hydrogen) atoms. The summed E-state index contributed by atoms with van der Waals surface area (Å²) in [7, 11) is 1.62. The van der Waals surface area contributed by atoms with Gasteiger partial charge in [0.2, 0.25) is 5.91 Å². The molecule has 0 spiro atoms. The zero-order valence-corrected chi connectivity index (χ0v) is 19.0. The molecule has 0 fully saturated rings. The predicted molar refractivity (Wildman–Crippen MR) is 126 cm³/mol. The standard InChI is InChI=1S/C24H28N6O3/c1-14-8-16(10-19(9-14)33-3)11-26-22-24(32)30-18(13-27-22)5-6-20(30)23(31)28-12-17-4-7-21(25)29-15(17)2/h4,7-10,13,20H,5-6,11-12H2,1-3H3,(H2,25,29)(H,26,27)(H,28,31)/t20-/m0/s1. The van der Waals surface area contributed by atoms with E-state index in [9.17, 15) is 9.59 Å². The lowest BCUT2D eigenvalue weighted by atomic mass is 10.1. The molecule has 0 radical (unpaired) electrons. The van der Waals surface area contributed by atoms with Crippen molar-refractivity contribution in [3.05, 3.63) is 75.0 Å². The van der Waals surface area contributed by atoms with Crippen LogP contribution in [0.3, 0.4) is 0 Å². The molecule has 0 saturated heterocycles. The molecule has 0 saturated carbocycles. The number of carbonyl (C=O) groups excluding carboxylic acids is 1. The van der Waals surface area contributed by atoms with E-state index in [0.717, 1.165) is 33.8 Å². The monoisotopic (exact) mass is 448 g/mol. The molecule has 1 amide bonds. The van der Waals surface area contributed by atoms with Crippen molar-refractivity contribution in [3.8, 4) is 5.75 Å².